The van der Waals surface area contributed by atoms with Crippen LogP contribution in [0.4, 0.5) is 8.78 Å². The maximum atomic E-state index is 13.8. The molecule has 0 heterocycles. The molecule has 0 aliphatic rings. The lowest BCUT2D eigenvalue weighted by atomic mass is 9.98. The standard InChI is InChI=1S/C23H27F2N3O3/c1-15-9-6-7-11-17(15)20(13-23(3,24)25)27-31-14-19-16(2)10-8-12-18(19)21(28-30-5)22(29)26-4/h6-12H,13-14H2,1-5H3,(H,26,29)/b27-20+,28-21+. The van der Waals surface area contributed by atoms with Crippen molar-refractivity contribution in [2.45, 2.75) is 39.7 Å². The monoisotopic (exact) mass is 431 g/mol. The second-order valence-electron chi connectivity index (χ2n) is 7.18. The Morgan fingerprint density at radius 2 is 1.68 bits per heavy atom. The van der Waals surface area contributed by atoms with Gasteiger partial charge in [-0.05, 0) is 31.9 Å². The van der Waals surface area contributed by atoms with Crippen molar-refractivity contribution in [3.63, 3.8) is 0 Å². The summed E-state index contributed by atoms with van der Waals surface area (Å²) < 4.78 is 27.6. The number of amides is 1. The molecule has 0 saturated heterocycles. The van der Waals surface area contributed by atoms with Crippen molar-refractivity contribution in [1.82, 2.24) is 5.32 Å². The minimum atomic E-state index is -2.95. The van der Waals surface area contributed by atoms with E-state index in [4.69, 9.17) is 9.68 Å². The molecule has 8 heteroatoms. The van der Waals surface area contributed by atoms with Crippen molar-refractivity contribution in [1.29, 1.82) is 0 Å². The van der Waals surface area contributed by atoms with Gasteiger partial charge in [0.05, 0.1) is 12.1 Å². The largest absolute Gasteiger partial charge is 0.398 e. The van der Waals surface area contributed by atoms with Crippen molar-refractivity contribution in [3.8, 4) is 0 Å². The van der Waals surface area contributed by atoms with Crippen molar-refractivity contribution in [2.24, 2.45) is 10.3 Å². The van der Waals surface area contributed by atoms with E-state index in [1.807, 2.05) is 32.0 Å². The molecule has 0 atom stereocenters. The molecule has 0 spiro atoms. The lowest BCUT2D eigenvalue weighted by molar-refractivity contribution is -0.114. The summed E-state index contributed by atoms with van der Waals surface area (Å²) in [4.78, 5) is 22.6. The predicted octanol–water partition coefficient (Wildman–Crippen LogP) is 4.37. The van der Waals surface area contributed by atoms with Crippen LogP contribution in [-0.2, 0) is 21.1 Å². The molecule has 2 rings (SSSR count). The van der Waals surface area contributed by atoms with E-state index in [2.05, 4.69) is 15.6 Å². The molecule has 0 bridgehead atoms. The second kappa shape index (κ2) is 10.7. The van der Waals surface area contributed by atoms with Gasteiger partial charge in [-0.25, -0.2) is 8.78 Å². The Morgan fingerprint density at radius 3 is 2.29 bits per heavy atom. The SMILES string of the molecule is CNC(=O)/C(=N/OC)c1cccc(C)c1CO/N=C(\CC(C)(F)F)c1ccccc1C. The number of carbonyl (C=O) groups is 1. The zero-order valence-corrected chi connectivity index (χ0v) is 18.3. The zero-order valence-electron chi connectivity index (χ0n) is 18.3. The second-order valence-corrected chi connectivity index (χ2v) is 7.18. The number of rotatable bonds is 9. The number of oxime groups is 2. The number of likely N-dealkylation sites (N-methyl/N-ethyl adjacent to an activating group) is 1. The number of halogens is 2. The van der Waals surface area contributed by atoms with E-state index in [0.717, 1.165) is 18.1 Å². The van der Waals surface area contributed by atoms with E-state index in [0.29, 0.717) is 16.7 Å². The van der Waals surface area contributed by atoms with Crippen molar-refractivity contribution in [3.05, 3.63) is 70.3 Å². The Labute approximate surface area is 180 Å². The Kier molecular flexibility index (Phi) is 8.24. The molecule has 0 saturated carbocycles. The van der Waals surface area contributed by atoms with Gasteiger partial charge in [0.2, 0.25) is 0 Å². The Hall–Kier alpha value is -3.29. The highest BCUT2D eigenvalue weighted by molar-refractivity contribution is 6.45. The Morgan fingerprint density at radius 1 is 1.03 bits per heavy atom. The van der Waals surface area contributed by atoms with Crippen LogP contribution in [0.3, 0.4) is 0 Å². The highest BCUT2D eigenvalue weighted by atomic mass is 19.3. The average molecular weight is 431 g/mol. The molecule has 1 N–H and O–H groups in total. The molecule has 0 radical (unpaired) electrons. The first-order valence-corrected chi connectivity index (χ1v) is 9.72. The minimum absolute atomic E-state index is 0.0353. The van der Waals surface area contributed by atoms with Crippen molar-refractivity contribution < 1.29 is 23.3 Å². The molecule has 0 fully saturated rings. The Bertz CT molecular complexity index is 982. The molecule has 0 aromatic heterocycles. The predicted molar refractivity (Wildman–Crippen MR) is 117 cm³/mol. The zero-order chi connectivity index (χ0) is 23.0. The van der Waals surface area contributed by atoms with Crippen LogP contribution in [0.2, 0.25) is 0 Å². The van der Waals surface area contributed by atoms with Gasteiger partial charge in [-0.2, -0.15) is 0 Å². The van der Waals surface area contributed by atoms with Gasteiger partial charge in [-0.3, -0.25) is 4.79 Å². The van der Waals surface area contributed by atoms with Crippen LogP contribution < -0.4 is 5.32 Å². The molecule has 31 heavy (non-hydrogen) atoms. The summed E-state index contributed by atoms with van der Waals surface area (Å²) >= 11 is 0. The lowest BCUT2D eigenvalue weighted by Gasteiger charge is -2.16. The molecule has 1 amide bonds. The quantitative estimate of drug-likeness (QED) is 0.474. The van der Waals surface area contributed by atoms with Gasteiger partial charge in [0, 0.05) is 23.7 Å². The maximum absolute atomic E-state index is 13.8. The normalized spacial score (nSPS) is 12.5. The molecular weight excluding hydrogens is 404 g/mol. The molecule has 0 aliphatic carbocycles. The van der Waals surface area contributed by atoms with Gasteiger partial charge in [-0.1, -0.05) is 52.8 Å². The number of alkyl halides is 2. The fourth-order valence-corrected chi connectivity index (χ4v) is 3.08. The Balaban J connectivity index is 2.40. The average Bonchev–Trinajstić information content (AvgIpc) is 2.71. The van der Waals surface area contributed by atoms with Gasteiger partial charge >= 0.3 is 0 Å². The van der Waals surface area contributed by atoms with Gasteiger partial charge in [0.15, 0.2) is 5.71 Å². The fraction of sp³-hybridized carbons (Fsp3) is 0.348. The minimum Gasteiger partial charge on any atom is -0.398 e. The summed E-state index contributed by atoms with van der Waals surface area (Å²) in [6.07, 6.45) is -0.562. The van der Waals surface area contributed by atoms with Gasteiger partial charge < -0.3 is 15.0 Å². The number of hydrogen-bond donors (Lipinski definition) is 1. The third kappa shape index (κ3) is 6.60. The summed E-state index contributed by atoms with van der Waals surface area (Å²) in [7, 11) is 2.84. The van der Waals surface area contributed by atoms with E-state index in [1.54, 1.807) is 24.3 Å². The van der Waals surface area contributed by atoms with Crippen LogP contribution in [0.25, 0.3) is 0 Å². The van der Waals surface area contributed by atoms with Crippen molar-refractivity contribution in [2.75, 3.05) is 14.2 Å². The molecule has 0 unspecified atom stereocenters. The third-order valence-corrected chi connectivity index (χ3v) is 4.61. The lowest BCUT2D eigenvalue weighted by Crippen LogP contribution is -2.29. The van der Waals surface area contributed by atoms with Gasteiger partial charge in [0.25, 0.3) is 11.8 Å². The molecule has 0 aliphatic heterocycles. The van der Waals surface area contributed by atoms with Crippen molar-refractivity contribution >= 4 is 17.3 Å². The fourth-order valence-electron chi connectivity index (χ4n) is 3.08. The number of aryl methyl sites for hydroxylation is 2. The van der Waals surface area contributed by atoms with Crippen LogP contribution in [0.1, 0.15) is 41.2 Å². The van der Waals surface area contributed by atoms with Crippen LogP contribution in [0.15, 0.2) is 52.8 Å². The number of benzene rings is 2. The summed E-state index contributed by atoms with van der Waals surface area (Å²) in [5.74, 6) is -3.38. The summed E-state index contributed by atoms with van der Waals surface area (Å²) in [5.41, 5.74) is 3.64. The van der Waals surface area contributed by atoms with Crippen LogP contribution in [-0.4, -0.2) is 37.4 Å². The number of nitrogens with zero attached hydrogens (tertiary/aromatic N) is 2. The number of nitrogens with one attached hydrogen (secondary N) is 1. The first-order chi connectivity index (χ1) is 14.7. The molecule has 6 nitrogen and oxygen atoms in total. The van der Waals surface area contributed by atoms with Gasteiger partial charge in [0.1, 0.15) is 13.7 Å². The number of hydrogen-bond acceptors (Lipinski definition) is 5. The number of carbonyl (C=O) groups excluding carboxylic acids is 1. The highest BCUT2D eigenvalue weighted by Crippen LogP contribution is 2.23. The summed E-state index contributed by atoms with van der Waals surface area (Å²) in [6, 6.07) is 12.5. The van der Waals surface area contributed by atoms with E-state index in [-0.39, 0.29) is 18.0 Å². The van der Waals surface area contributed by atoms with Gasteiger partial charge in [-0.15, -0.1) is 0 Å². The van der Waals surface area contributed by atoms with E-state index in [9.17, 15) is 13.6 Å². The third-order valence-electron chi connectivity index (χ3n) is 4.61. The molecular formula is C23H27F2N3O3. The van der Waals surface area contributed by atoms with E-state index >= 15 is 0 Å². The molecule has 166 valence electrons. The van der Waals surface area contributed by atoms with Crippen LogP contribution >= 0.6 is 0 Å². The van der Waals surface area contributed by atoms with Crippen LogP contribution in [0, 0.1) is 13.8 Å². The topological polar surface area (TPSA) is 72.3 Å². The smallest absolute Gasteiger partial charge is 0.273 e. The highest BCUT2D eigenvalue weighted by Gasteiger charge is 2.26. The summed E-state index contributed by atoms with van der Waals surface area (Å²) in [6.45, 7) is 4.49. The van der Waals surface area contributed by atoms with Crippen LogP contribution in [0.5, 0.6) is 0 Å². The first kappa shape index (κ1) is 24.0. The van der Waals surface area contributed by atoms with E-state index in [1.165, 1.54) is 14.2 Å². The first-order valence-electron chi connectivity index (χ1n) is 9.72. The van der Waals surface area contributed by atoms with E-state index < -0.39 is 18.3 Å². The molecule has 2 aromatic carbocycles. The summed E-state index contributed by atoms with van der Waals surface area (Å²) in [5, 5.41) is 10.4. The maximum Gasteiger partial charge on any atom is 0.273 e. The molecule has 2 aromatic rings.